The summed E-state index contributed by atoms with van der Waals surface area (Å²) >= 11 is 0. The molecule has 137 heavy (non-hydrogen) atoms. The zero-order valence-electron chi connectivity index (χ0n) is 74.8. The van der Waals surface area contributed by atoms with Gasteiger partial charge < -0.3 is 54.7 Å². The molecule has 0 aromatic carbocycles. The number of rotatable bonds is 29. The van der Waals surface area contributed by atoms with Gasteiger partial charge in [0, 0.05) is 219 Å². The van der Waals surface area contributed by atoms with Crippen LogP contribution in [0.15, 0.2) is 0 Å². The Morgan fingerprint density at radius 1 is 0.263 bits per heavy atom. The number of hydrogen-bond acceptors (Lipinski definition) is 20. The standard InChI is InChI=1S/C62H38N2O10.C55H28N2O6.80H2/c1-6-9-11-13-15-17-19-21-23-25-27-29-31-33-35-37-39-41-43-48-60(67)72-54-58(52-64(50-46-45-47-59(63)62(69)70-8-3)51-57(73-56(5)66)53-71-55(4)65)74-61(68)49-44-42-40-38-36-34-32-30-28-26-24-22-20-18-16-14-12-10-7-2;1-4-7-9-11-13-15-17-19-21-23-25-27-29-31-33-35-37-39-41-46-53(58)62-50-51(49-57-48-44-43-45-52(56)55(60)61-6-3)63-54(59)47-42-40-38-36-34-32-30-28-26-24-22-20-18-16-14-12-10-8-5-2;;;;;;;;;;;;;;;;;;;;;;;;;;;;;;;;;;;;;;;;;;;;;;;;;;;;;;;;;;;;;;;;;;;;;;;;;;;;;;;;/h57-59H,8,45-47,50-54,63H2,1-5H3;51-52,57H,6,43-45,48-50,56H2,1-3H3;80*1H. The summed E-state index contributed by atoms with van der Waals surface area (Å²) < 4.78 is 41.7. The van der Waals surface area contributed by atoms with Gasteiger partial charge in [0.05, 0.1) is 13.2 Å². The van der Waals surface area contributed by atoms with Crippen LogP contribution in [0.4, 0.5) is 0 Å². The third-order valence-corrected chi connectivity index (χ3v) is 12.4. The van der Waals surface area contributed by atoms with E-state index in [1.165, 1.54) is 13.8 Å². The number of nitrogens with zero attached hydrogens (tertiary/aromatic N) is 1. The molecule has 0 aliphatic heterocycles. The van der Waals surface area contributed by atoms with E-state index in [4.69, 9.17) is 49.4 Å². The van der Waals surface area contributed by atoms with Crippen molar-refractivity contribution in [2.75, 3.05) is 65.8 Å². The molecule has 0 rings (SSSR count). The van der Waals surface area contributed by atoms with Crippen molar-refractivity contribution in [3.05, 3.63) is 0 Å². The van der Waals surface area contributed by atoms with Crippen LogP contribution in [0.5, 0.6) is 0 Å². The van der Waals surface area contributed by atoms with Crippen molar-refractivity contribution in [1.82, 2.24) is 10.2 Å². The van der Waals surface area contributed by atoms with E-state index in [0.717, 1.165) is 0 Å². The first-order valence-electron chi connectivity index (χ1n) is 39.0. The van der Waals surface area contributed by atoms with Crippen LogP contribution in [0, 0.1) is 474 Å². The zero-order valence-corrected chi connectivity index (χ0v) is 74.8. The third-order valence-electron chi connectivity index (χ3n) is 12.4. The lowest BCUT2D eigenvalue weighted by Crippen LogP contribution is -2.44. The molecule has 20 nitrogen and oxygen atoms in total. The quantitative estimate of drug-likeness (QED) is 0.0206. The van der Waals surface area contributed by atoms with Gasteiger partial charge in [-0.1, -0.05) is 36.5 Å². The molecule has 0 amide bonds. The highest BCUT2D eigenvalue weighted by Gasteiger charge is 2.25. The summed E-state index contributed by atoms with van der Waals surface area (Å²) in [7, 11) is 0. The van der Waals surface area contributed by atoms with Gasteiger partial charge in [-0.3, -0.25) is 24.1 Å². The van der Waals surface area contributed by atoms with Gasteiger partial charge in [0.25, 0.3) is 0 Å². The number of carbonyl (C=O) groups is 8. The Bertz CT molecular complexity index is 7650. The fourth-order valence-corrected chi connectivity index (χ4v) is 7.32. The lowest BCUT2D eigenvalue weighted by atomic mass is 10.1. The maximum atomic E-state index is 12.9. The molecule has 0 fully saturated rings. The van der Waals surface area contributed by atoms with Gasteiger partial charge in [-0.2, -0.15) is 0 Å². The summed E-state index contributed by atoms with van der Waals surface area (Å²) in [6.45, 7) is 12.3. The Labute approximate surface area is 923 Å². The molecule has 20 heteroatoms. The molecule has 5 unspecified atom stereocenters. The summed E-state index contributed by atoms with van der Waals surface area (Å²) in [5.41, 5.74) is 11.8. The Balaban J connectivity index is -0.0000000154. The average Bonchev–Trinajstić information content (AvgIpc) is 0.894. The van der Waals surface area contributed by atoms with E-state index in [1.54, 1.807) is 46.4 Å². The third kappa shape index (κ3) is 88.7. The number of nitrogens with two attached hydrogens (primary N) is 2. The smallest absolute Gasteiger partial charge is 0.385 e. The highest BCUT2D eigenvalue weighted by Crippen LogP contribution is 2.10. The number of esters is 8. The largest absolute Gasteiger partial charge is 0.465 e. The van der Waals surface area contributed by atoms with Crippen LogP contribution < -0.4 is 16.8 Å². The summed E-state index contributed by atoms with van der Waals surface area (Å²) in [6.07, 6.45) is -0.211. The molecule has 0 spiro atoms. The van der Waals surface area contributed by atoms with Crippen LogP contribution in [0.25, 0.3) is 0 Å². The Hall–Kier alpha value is -22.0. The molecule has 0 saturated heterocycles. The molecule has 0 saturated carbocycles. The molecule has 0 aromatic heterocycles. The van der Waals surface area contributed by atoms with Crippen molar-refractivity contribution < 1.29 is 190 Å². The fraction of sp³-hybridized carbons (Fsp3) is 0.248. The highest BCUT2D eigenvalue weighted by molar-refractivity contribution is 5.91. The molecule has 0 aliphatic rings. The van der Waals surface area contributed by atoms with E-state index < -0.39 is 84.8 Å². The van der Waals surface area contributed by atoms with Gasteiger partial charge in [0.1, 0.15) is 50.2 Å². The lowest BCUT2D eigenvalue weighted by Gasteiger charge is -2.30. The van der Waals surface area contributed by atoms with Crippen molar-refractivity contribution in [3.8, 4) is 474 Å². The molecule has 5 atom stereocenters. The van der Waals surface area contributed by atoms with Crippen molar-refractivity contribution >= 4 is 47.8 Å². The van der Waals surface area contributed by atoms with Crippen molar-refractivity contribution in [2.45, 2.75) is 124 Å². The Morgan fingerprint density at radius 3 is 0.730 bits per heavy atom. The van der Waals surface area contributed by atoms with Crippen LogP contribution in [0.3, 0.4) is 0 Å². The summed E-state index contributed by atoms with van der Waals surface area (Å²) in [5, 5.41) is 3.09. The number of hydrogen-bond donors (Lipinski definition) is 3. The zero-order chi connectivity index (χ0) is 100. The second-order valence-electron chi connectivity index (χ2n) is 22.5. The SMILES string of the molecule is CC#CC#CC#CC#CC#CC#CC#CC#CC#CC#CC(=O)OCC(CN(CCCCC(N)C(=O)OCC)CC(COC(C)=O)OC(C)=O)OC(=O)C#CC#CC#CC#CC#CC#CC#CC#CC#CC#CC.CC#CC#CC#CC#CC#CC#CC#CC#CC#CC#CC(=O)OCC(CNCCCCC(N)C(=O)OCC)OC(=O)C#CC#CC#CC#CC#CC#CC#CC#CC#CC#CC.[HH].[HH].[HH].[HH].[HH].[HH].[HH].[HH].[HH].[HH].[HH].[HH].[HH].[HH].[HH].[HH].[HH].[HH].[HH].[HH].[HH].[HH].[HH].[HH].[HH].[HH].[HH].[HH].[HH].[HH].[HH].[HH].[HH].[HH].[HH].[HH].[HH].[HH].[HH].[HH].[HH].[HH].[HH].[HH].[HH].[HH].[HH].[HH].[HH].[HH].[HH].[HH].[HH].[HH].[HH].[HH].[HH].[HH].[HH].[HH].[HH].[HH].[HH].[HH].[HH].[HH].[HH].[HH].[HH].[HH].[HH].[HH].[HH].[HH].[HH].[HH].[HH].[HH].[HH].[HH]. The van der Waals surface area contributed by atoms with Crippen molar-refractivity contribution in [3.63, 3.8) is 0 Å². The summed E-state index contributed by atoms with van der Waals surface area (Å²) in [5.74, 6) is 190. The molecule has 0 aromatic rings. The van der Waals surface area contributed by atoms with E-state index in [-0.39, 0.29) is 173 Å². The van der Waals surface area contributed by atoms with Crippen molar-refractivity contribution in [1.29, 1.82) is 0 Å². The molecule has 0 bridgehead atoms. The summed E-state index contributed by atoms with van der Waals surface area (Å²) in [4.78, 5) is 99.1. The maximum Gasteiger partial charge on any atom is 0.385 e. The van der Waals surface area contributed by atoms with E-state index in [1.807, 2.05) is 0 Å². The predicted octanol–water partition coefficient (Wildman–Crippen LogP) is 20.3. The van der Waals surface area contributed by atoms with Gasteiger partial charge in [-0.25, -0.2) is 19.2 Å². The van der Waals surface area contributed by atoms with Crippen LogP contribution in [-0.2, 0) is 76.3 Å². The Morgan fingerprint density at radius 2 is 0.482 bits per heavy atom. The number of nitrogens with one attached hydrogen (secondary N) is 1. The molecule has 0 radical (unpaired) electrons. The van der Waals surface area contributed by atoms with E-state index in [9.17, 15) is 38.4 Å². The highest BCUT2D eigenvalue weighted by atomic mass is 16.6. The average molecular weight is 1950 g/mol. The van der Waals surface area contributed by atoms with E-state index in [0.29, 0.717) is 38.6 Å². The summed E-state index contributed by atoms with van der Waals surface area (Å²) in [6, 6.07) is -1.58. The molecule has 5 N–H and O–H groups in total. The Kier molecular flexibility index (Phi) is 79.6. The van der Waals surface area contributed by atoms with Crippen LogP contribution in [0.1, 0.15) is 208 Å². The molecular formula is C117H226N4O16. The molecule has 810 valence electrons. The fourth-order valence-electron chi connectivity index (χ4n) is 7.32. The molecule has 0 aliphatic carbocycles. The maximum absolute atomic E-state index is 12.9. The van der Waals surface area contributed by atoms with Gasteiger partial charge in [0.15, 0.2) is 0 Å². The first-order valence-corrected chi connectivity index (χ1v) is 39.0. The topological polar surface area (TPSA) is 278 Å². The molecular weight excluding hydrogens is 1720 g/mol. The van der Waals surface area contributed by atoms with Crippen LogP contribution in [0.2, 0.25) is 0 Å². The lowest BCUT2D eigenvalue weighted by molar-refractivity contribution is -0.158. The van der Waals surface area contributed by atoms with Crippen LogP contribution >= 0.6 is 0 Å². The molecule has 0 heterocycles. The first-order chi connectivity index (χ1) is 67.0. The minimum atomic E-state index is -1.19. The minimum absolute atomic E-state index is 0. The second-order valence-corrected chi connectivity index (χ2v) is 22.5. The number of unbranched alkanes of at least 4 members (excludes halogenated alkanes) is 2. The van der Waals surface area contributed by atoms with Gasteiger partial charge in [-0.05, 0) is 459 Å². The second kappa shape index (κ2) is 93.2. The normalized spacial score (nSPS) is 7.85. The van der Waals surface area contributed by atoms with Crippen LogP contribution in [-0.4, -0.2) is 149 Å². The predicted molar refractivity (Wildman–Crippen MR) is 683 cm³/mol. The van der Waals surface area contributed by atoms with E-state index >= 15 is 0 Å². The van der Waals surface area contributed by atoms with Gasteiger partial charge >= 0.3 is 47.8 Å². The first kappa shape index (κ1) is 117. The van der Waals surface area contributed by atoms with Gasteiger partial charge in [-0.15, -0.1) is 0 Å². The van der Waals surface area contributed by atoms with E-state index in [2.05, 4.69) is 479 Å². The number of carbonyl (C=O) groups excluding carboxylic acids is 8. The number of ether oxygens (including phenoxy) is 8. The monoisotopic (exact) mass is 1940 g/mol. The van der Waals surface area contributed by atoms with Crippen molar-refractivity contribution in [2.24, 2.45) is 11.5 Å². The minimum Gasteiger partial charge on any atom is -0.465 e. The van der Waals surface area contributed by atoms with Gasteiger partial charge in [0.2, 0.25) is 0 Å².